The molecule has 1 atom stereocenters. The molecule has 0 radical (unpaired) electrons. The van der Waals surface area contributed by atoms with Crippen LogP contribution in [0.15, 0.2) is 48.5 Å². The second-order valence-electron chi connectivity index (χ2n) is 5.74. The van der Waals surface area contributed by atoms with E-state index in [-0.39, 0.29) is 24.5 Å². The molecule has 1 aliphatic rings. The van der Waals surface area contributed by atoms with E-state index in [9.17, 15) is 14.4 Å². The van der Waals surface area contributed by atoms with Crippen LogP contribution < -0.4 is 10.6 Å². The third-order valence-electron chi connectivity index (χ3n) is 4.10. The molecule has 0 saturated carbocycles. The third kappa shape index (κ3) is 3.68. The summed E-state index contributed by atoms with van der Waals surface area (Å²) >= 11 is 0. The van der Waals surface area contributed by atoms with Gasteiger partial charge < -0.3 is 15.4 Å². The van der Waals surface area contributed by atoms with Crippen LogP contribution in [0.4, 0.5) is 0 Å². The predicted octanol–water partition coefficient (Wildman–Crippen LogP) is 1.62. The fraction of sp³-hybridized carbons (Fsp3) is 0.211. The van der Waals surface area contributed by atoms with Crippen LogP contribution in [0.25, 0.3) is 0 Å². The maximum absolute atomic E-state index is 12.2. The molecule has 2 N–H and O–H groups in total. The molecular weight excluding hydrogens is 320 g/mol. The van der Waals surface area contributed by atoms with Crippen molar-refractivity contribution in [3.8, 4) is 0 Å². The first-order valence-electron chi connectivity index (χ1n) is 7.96. The fourth-order valence-corrected chi connectivity index (χ4v) is 2.74. The Balaban J connectivity index is 1.80. The zero-order valence-electron chi connectivity index (χ0n) is 13.7. The second kappa shape index (κ2) is 7.17. The molecule has 6 heteroatoms. The van der Waals surface area contributed by atoms with Crippen molar-refractivity contribution >= 4 is 17.8 Å². The van der Waals surface area contributed by atoms with E-state index in [0.29, 0.717) is 17.5 Å². The number of carbonyl (C=O) groups excluding carboxylic acids is 3. The summed E-state index contributed by atoms with van der Waals surface area (Å²) in [5, 5.41) is 4.98. The molecule has 2 amide bonds. The first-order chi connectivity index (χ1) is 12.1. The molecule has 6 nitrogen and oxygen atoms in total. The van der Waals surface area contributed by atoms with E-state index in [4.69, 9.17) is 4.74 Å². The summed E-state index contributed by atoms with van der Waals surface area (Å²) in [4.78, 5) is 35.6. The summed E-state index contributed by atoms with van der Waals surface area (Å²) < 4.78 is 5.50. The van der Waals surface area contributed by atoms with Crippen LogP contribution in [0, 0.1) is 0 Å². The Morgan fingerprint density at radius 3 is 2.64 bits per heavy atom. The van der Waals surface area contributed by atoms with Crippen molar-refractivity contribution in [2.24, 2.45) is 0 Å². The van der Waals surface area contributed by atoms with Crippen molar-refractivity contribution < 1.29 is 19.1 Å². The highest BCUT2D eigenvalue weighted by Gasteiger charge is 2.28. The van der Waals surface area contributed by atoms with Crippen molar-refractivity contribution in [1.29, 1.82) is 0 Å². The molecule has 0 aromatic heterocycles. The SMILES string of the molecule is CNC(=O)CNC(=O)c1ccc2c(c1)C[C@@H](c1ccccc1)OC2=O. The number of rotatable bonds is 4. The van der Waals surface area contributed by atoms with E-state index in [1.165, 1.54) is 7.05 Å². The average molecular weight is 338 g/mol. The molecule has 1 heterocycles. The van der Waals surface area contributed by atoms with E-state index >= 15 is 0 Å². The van der Waals surface area contributed by atoms with Gasteiger partial charge in [0, 0.05) is 19.0 Å². The van der Waals surface area contributed by atoms with Gasteiger partial charge in [-0.25, -0.2) is 4.79 Å². The lowest BCUT2D eigenvalue weighted by Crippen LogP contribution is -2.35. The lowest BCUT2D eigenvalue weighted by molar-refractivity contribution is -0.119. The summed E-state index contributed by atoms with van der Waals surface area (Å²) in [6, 6.07) is 14.3. The first-order valence-corrected chi connectivity index (χ1v) is 7.96. The molecule has 128 valence electrons. The molecule has 0 aliphatic carbocycles. The maximum Gasteiger partial charge on any atom is 0.339 e. The monoisotopic (exact) mass is 338 g/mol. The van der Waals surface area contributed by atoms with Crippen LogP contribution in [0.5, 0.6) is 0 Å². The maximum atomic E-state index is 12.2. The summed E-state index contributed by atoms with van der Waals surface area (Å²) in [6.45, 7) is -0.0961. The minimum atomic E-state index is -0.396. The summed E-state index contributed by atoms with van der Waals surface area (Å²) in [6.07, 6.45) is 0.132. The van der Waals surface area contributed by atoms with Crippen molar-refractivity contribution in [2.75, 3.05) is 13.6 Å². The van der Waals surface area contributed by atoms with Crippen LogP contribution in [-0.2, 0) is 16.0 Å². The van der Waals surface area contributed by atoms with Gasteiger partial charge in [-0.15, -0.1) is 0 Å². The van der Waals surface area contributed by atoms with E-state index < -0.39 is 5.97 Å². The molecule has 0 bridgehead atoms. The van der Waals surface area contributed by atoms with Gasteiger partial charge in [0.15, 0.2) is 0 Å². The van der Waals surface area contributed by atoms with Crippen LogP contribution in [0.1, 0.15) is 37.9 Å². The summed E-state index contributed by atoms with van der Waals surface area (Å²) in [7, 11) is 1.50. The number of nitrogens with one attached hydrogen (secondary N) is 2. The smallest absolute Gasteiger partial charge is 0.339 e. The van der Waals surface area contributed by atoms with Crippen molar-refractivity contribution in [3.05, 3.63) is 70.8 Å². The zero-order valence-corrected chi connectivity index (χ0v) is 13.7. The molecule has 0 saturated heterocycles. The highest BCUT2D eigenvalue weighted by Crippen LogP contribution is 2.30. The molecule has 0 fully saturated rings. The van der Waals surface area contributed by atoms with E-state index in [0.717, 1.165) is 11.1 Å². The number of fused-ring (bicyclic) bond motifs is 1. The minimum Gasteiger partial charge on any atom is -0.454 e. The Bertz CT molecular complexity index is 817. The highest BCUT2D eigenvalue weighted by atomic mass is 16.5. The Hall–Kier alpha value is -3.15. The second-order valence-corrected chi connectivity index (χ2v) is 5.74. The Morgan fingerprint density at radius 2 is 1.92 bits per heavy atom. The number of esters is 1. The van der Waals surface area contributed by atoms with Gasteiger partial charge >= 0.3 is 5.97 Å². The van der Waals surface area contributed by atoms with Crippen molar-refractivity contribution in [1.82, 2.24) is 10.6 Å². The average Bonchev–Trinajstić information content (AvgIpc) is 2.65. The van der Waals surface area contributed by atoms with Crippen molar-refractivity contribution in [3.63, 3.8) is 0 Å². The number of ether oxygens (including phenoxy) is 1. The third-order valence-corrected chi connectivity index (χ3v) is 4.10. The van der Waals surface area contributed by atoms with Crippen LogP contribution >= 0.6 is 0 Å². The van der Waals surface area contributed by atoms with E-state index in [1.807, 2.05) is 30.3 Å². The molecule has 25 heavy (non-hydrogen) atoms. The molecule has 1 aliphatic heterocycles. The number of hydrogen-bond donors (Lipinski definition) is 2. The number of hydrogen-bond acceptors (Lipinski definition) is 4. The van der Waals surface area contributed by atoms with Gasteiger partial charge in [-0.05, 0) is 29.3 Å². The van der Waals surface area contributed by atoms with Gasteiger partial charge in [0.05, 0.1) is 12.1 Å². The number of amides is 2. The zero-order chi connectivity index (χ0) is 17.8. The number of cyclic esters (lactones) is 1. The topological polar surface area (TPSA) is 84.5 Å². The van der Waals surface area contributed by atoms with Gasteiger partial charge in [-0.2, -0.15) is 0 Å². The Kier molecular flexibility index (Phi) is 4.79. The molecule has 2 aromatic rings. The predicted molar refractivity (Wildman–Crippen MR) is 91.1 cm³/mol. The standard InChI is InChI=1S/C19H18N2O4/c1-20-17(22)11-21-18(23)13-7-8-15-14(9-13)10-16(25-19(15)24)12-5-3-2-4-6-12/h2-9,16H,10-11H2,1H3,(H,20,22)(H,21,23)/t16-/m0/s1. The van der Waals surface area contributed by atoms with Gasteiger partial charge in [0.1, 0.15) is 6.10 Å². The van der Waals surface area contributed by atoms with Crippen LogP contribution in [0.2, 0.25) is 0 Å². The lowest BCUT2D eigenvalue weighted by Gasteiger charge is -2.25. The largest absolute Gasteiger partial charge is 0.454 e. The fourth-order valence-electron chi connectivity index (χ4n) is 2.74. The molecule has 0 spiro atoms. The Labute approximate surface area is 145 Å². The van der Waals surface area contributed by atoms with Crippen LogP contribution in [0.3, 0.4) is 0 Å². The quantitative estimate of drug-likeness (QED) is 0.830. The normalized spacial score (nSPS) is 15.7. The van der Waals surface area contributed by atoms with E-state index in [1.54, 1.807) is 18.2 Å². The van der Waals surface area contributed by atoms with Gasteiger partial charge in [-0.1, -0.05) is 30.3 Å². The number of carbonyl (C=O) groups is 3. The molecule has 0 unspecified atom stereocenters. The lowest BCUT2D eigenvalue weighted by atomic mass is 9.93. The van der Waals surface area contributed by atoms with Gasteiger partial charge in [0.2, 0.25) is 5.91 Å². The molecular formula is C19H18N2O4. The minimum absolute atomic E-state index is 0.0961. The Morgan fingerprint density at radius 1 is 1.16 bits per heavy atom. The first kappa shape index (κ1) is 16.7. The number of benzene rings is 2. The number of likely N-dealkylation sites (N-methyl/N-ethyl adjacent to an activating group) is 1. The molecule has 2 aromatic carbocycles. The summed E-state index contributed by atoms with van der Waals surface area (Å²) in [5.41, 5.74) is 2.55. The van der Waals surface area contributed by atoms with Crippen LogP contribution in [-0.4, -0.2) is 31.4 Å². The summed E-state index contributed by atoms with van der Waals surface area (Å²) in [5.74, 6) is -1.03. The van der Waals surface area contributed by atoms with Crippen molar-refractivity contribution in [2.45, 2.75) is 12.5 Å². The molecule has 3 rings (SSSR count). The van der Waals surface area contributed by atoms with Gasteiger partial charge in [0.25, 0.3) is 5.91 Å². The van der Waals surface area contributed by atoms with E-state index in [2.05, 4.69) is 10.6 Å². The highest BCUT2D eigenvalue weighted by molar-refractivity contribution is 5.99. The van der Waals surface area contributed by atoms with Gasteiger partial charge in [-0.3, -0.25) is 9.59 Å².